The second-order valence-electron chi connectivity index (χ2n) is 5.84. The summed E-state index contributed by atoms with van der Waals surface area (Å²) in [5, 5.41) is 31.2. The molecule has 3 N–H and O–H groups in total. The van der Waals surface area contributed by atoms with Crippen LogP contribution in [0.2, 0.25) is 0 Å². The van der Waals surface area contributed by atoms with Gasteiger partial charge in [0.25, 0.3) is 0 Å². The second-order valence-corrected chi connectivity index (χ2v) is 7.66. The minimum atomic E-state index is -0.980. The van der Waals surface area contributed by atoms with E-state index in [2.05, 4.69) is 0 Å². The molecule has 4 aromatic rings. The maximum atomic E-state index is 10.9. The standard InChI is InChI=1S/C11H8O4S.C9H6O3S/c1-6(12)15-7-2-3-10-8(4-7)9(5-16-10)11(13)14;10-5-1-2-8-6(3-5)7(4-13-8)9(11)12/h2-5H,1H3,(H,13,14);1-4,10H,(H,11,12). The van der Waals surface area contributed by atoms with Gasteiger partial charge in [0, 0.05) is 37.9 Å². The number of thiophene rings is 2. The van der Waals surface area contributed by atoms with Gasteiger partial charge in [0.05, 0.1) is 11.1 Å². The molecule has 0 saturated carbocycles. The SMILES string of the molecule is CC(=O)Oc1ccc2scc(C(=O)O)c2c1.O=C(O)c1csc2ccc(O)cc12. The summed E-state index contributed by atoms with van der Waals surface area (Å²) in [5.41, 5.74) is 0.477. The van der Waals surface area contributed by atoms with Crippen molar-refractivity contribution in [2.45, 2.75) is 6.92 Å². The average Bonchev–Trinajstić information content (AvgIpc) is 3.25. The molecule has 0 bridgehead atoms. The maximum Gasteiger partial charge on any atom is 0.337 e. The summed E-state index contributed by atoms with van der Waals surface area (Å²) in [6.45, 7) is 1.30. The molecule has 0 aliphatic carbocycles. The van der Waals surface area contributed by atoms with Crippen LogP contribution in [0.3, 0.4) is 0 Å². The Morgan fingerprint density at radius 3 is 1.86 bits per heavy atom. The summed E-state index contributed by atoms with van der Waals surface area (Å²) < 4.78 is 6.62. The largest absolute Gasteiger partial charge is 0.508 e. The number of benzene rings is 2. The second kappa shape index (κ2) is 8.29. The first-order valence-electron chi connectivity index (χ1n) is 8.12. The Labute approximate surface area is 172 Å². The van der Waals surface area contributed by atoms with E-state index in [9.17, 15) is 14.4 Å². The maximum absolute atomic E-state index is 10.9. The van der Waals surface area contributed by atoms with Crippen molar-refractivity contribution in [3.05, 3.63) is 58.3 Å². The summed E-state index contributed by atoms with van der Waals surface area (Å²) in [4.78, 5) is 32.4. The number of carboxylic acid groups (broad SMARTS) is 2. The minimum absolute atomic E-state index is 0.0911. The van der Waals surface area contributed by atoms with E-state index in [1.54, 1.807) is 41.1 Å². The number of carboxylic acids is 2. The Morgan fingerprint density at radius 2 is 1.34 bits per heavy atom. The van der Waals surface area contributed by atoms with Crippen molar-refractivity contribution in [2.75, 3.05) is 0 Å². The molecule has 0 unspecified atom stereocenters. The van der Waals surface area contributed by atoms with E-state index in [0.29, 0.717) is 16.5 Å². The first-order valence-corrected chi connectivity index (χ1v) is 9.88. The number of carbonyl (C=O) groups excluding carboxylic acids is 1. The molecule has 2 aromatic heterocycles. The van der Waals surface area contributed by atoms with Gasteiger partial charge in [0.15, 0.2) is 0 Å². The van der Waals surface area contributed by atoms with E-state index >= 15 is 0 Å². The molecule has 9 heteroatoms. The highest BCUT2D eigenvalue weighted by atomic mass is 32.1. The third-order valence-electron chi connectivity index (χ3n) is 3.82. The van der Waals surface area contributed by atoms with Crippen molar-refractivity contribution in [3.63, 3.8) is 0 Å². The van der Waals surface area contributed by atoms with E-state index in [1.807, 2.05) is 0 Å². The Bertz CT molecular complexity index is 1240. The number of aromatic carboxylic acids is 2. The summed E-state index contributed by atoms with van der Waals surface area (Å²) in [6, 6.07) is 9.68. The van der Waals surface area contributed by atoms with Crippen LogP contribution in [0.15, 0.2) is 47.2 Å². The lowest BCUT2D eigenvalue weighted by molar-refractivity contribution is -0.131. The van der Waals surface area contributed by atoms with Gasteiger partial charge in [-0.1, -0.05) is 0 Å². The molecule has 0 aliphatic rings. The van der Waals surface area contributed by atoms with Crippen molar-refractivity contribution in [2.24, 2.45) is 0 Å². The number of phenols is 1. The van der Waals surface area contributed by atoms with Gasteiger partial charge >= 0.3 is 17.9 Å². The summed E-state index contributed by atoms with van der Waals surface area (Å²) >= 11 is 2.71. The molecular formula is C20H14O7S2. The van der Waals surface area contributed by atoms with E-state index in [4.69, 9.17) is 20.1 Å². The Hall–Kier alpha value is -3.43. The number of esters is 1. The third kappa shape index (κ3) is 4.53. The topological polar surface area (TPSA) is 121 Å². The fourth-order valence-corrected chi connectivity index (χ4v) is 4.42. The highest BCUT2D eigenvalue weighted by molar-refractivity contribution is 7.17. The average molecular weight is 430 g/mol. The van der Waals surface area contributed by atoms with Crippen molar-refractivity contribution in [1.82, 2.24) is 0 Å². The molecule has 2 aromatic carbocycles. The van der Waals surface area contributed by atoms with Crippen LogP contribution in [0.4, 0.5) is 0 Å². The van der Waals surface area contributed by atoms with Gasteiger partial charge in [-0.3, -0.25) is 4.79 Å². The predicted octanol–water partition coefficient (Wildman–Crippen LogP) is 4.83. The zero-order chi connectivity index (χ0) is 21.1. The van der Waals surface area contributed by atoms with Crippen LogP contribution in [-0.4, -0.2) is 33.2 Å². The lowest BCUT2D eigenvalue weighted by atomic mass is 10.2. The Morgan fingerprint density at radius 1 is 0.828 bits per heavy atom. The van der Waals surface area contributed by atoms with E-state index in [-0.39, 0.29) is 16.9 Å². The van der Waals surface area contributed by atoms with Crippen LogP contribution >= 0.6 is 22.7 Å². The van der Waals surface area contributed by atoms with E-state index in [0.717, 1.165) is 9.40 Å². The number of ether oxygens (including phenoxy) is 1. The zero-order valence-corrected chi connectivity index (χ0v) is 16.5. The van der Waals surface area contributed by atoms with Crippen molar-refractivity contribution in [3.8, 4) is 11.5 Å². The quantitative estimate of drug-likeness (QED) is 0.314. The molecule has 4 rings (SSSR count). The van der Waals surface area contributed by atoms with Gasteiger partial charge in [-0.2, -0.15) is 0 Å². The Balaban J connectivity index is 0.000000169. The van der Waals surface area contributed by atoms with Gasteiger partial charge in [0.1, 0.15) is 11.5 Å². The molecular weight excluding hydrogens is 416 g/mol. The van der Waals surface area contributed by atoms with Crippen molar-refractivity contribution in [1.29, 1.82) is 0 Å². The number of rotatable bonds is 3. The van der Waals surface area contributed by atoms with Crippen LogP contribution in [0.25, 0.3) is 20.2 Å². The van der Waals surface area contributed by atoms with Crippen molar-refractivity contribution >= 4 is 60.8 Å². The number of carbonyl (C=O) groups is 3. The lowest BCUT2D eigenvalue weighted by Gasteiger charge is -2.01. The molecule has 7 nitrogen and oxygen atoms in total. The van der Waals surface area contributed by atoms with Gasteiger partial charge in [-0.15, -0.1) is 22.7 Å². The molecule has 0 fully saturated rings. The summed E-state index contributed by atoms with van der Waals surface area (Å²) in [6.07, 6.45) is 0. The van der Waals surface area contributed by atoms with Crippen LogP contribution in [0.5, 0.6) is 11.5 Å². The van der Waals surface area contributed by atoms with Gasteiger partial charge in [-0.25, -0.2) is 9.59 Å². The molecule has 0 atom stereocenters. The molecule has 0 radical (unpaired) electrons. The summed E-state index contributed by atoms with van der Waals surface area (Å²) in [7, 11) is 0. The van der Waals surface area contributed by atoms with Gasteiger partial charge in [0.2, 0.25) is 0 Å². The van der Waals surface area contributed by atoms with Crippen LogP contribution in [0.1, 0.15) is 27.6 Å². The number of phenolic OH excluding ortho intramolecular Hbond substituents is 1. The minimum Gasteiger partial charge on any atom is -0.508 e. The zero-order valence-electron chi connectivity index (χ0n) is 14.9. The molecule has 29 heavy (non-hydrogen) atoms. The van der Waals surface area contributed by atoms with Crippen LogP contribution in [0, 0.1) is 0 Å². The molecule has 148 valence electrons. The normalized spacial score (nSPS) is 10.4. The molecule has 0 saturated heterocycles. The van der Waals surface area contributed by atoms with E-state index < -0.39 is 17.9 Å². The molecule has 2 heterocycles. The first kappa shape index (κ1) is 20.3. The predicted molar refractivity (Wildman–Crippen MR) is 111 cm³/mol. The number of aromatic hydroxyl groups is 1. The Kier molecular flexibility index (Phi) is 5.81. The third-order valence-corrected chi connectivity index (χ3v) is 5.75. The lowest BCUT2D eigenvalue weighted by Crippen LogP contribution is -2.01. The molecule has 0 amide bonds. The first-order chi connectivity index (χ1) is 13.8. The highest BCUT2D eigenvalue weighted by Gasteiger charge is 2.12. The monoisotopic (exact) mass is 430 g/mol. The van der Waals surface area contributed by atoms with Crippen molar-refractivity contribution < 1.29 is 34.4 Å². The van der Waals surface area contributed by atoms with Gasteiger partial charge in [-0.05, 0) is 36.4 Å². The smallest absolute Gasteiger partial charge is 0.337 e. The fraction of sp³-hybridized carbons (Fsp3) is 0.0500. The van der Waals surface area contributed by atoms with Crippen LogP contribution in [-0.2, 0) is 4.79 Å². The van der Waals surface area contributed by atoms with Gasteiger partial charge < -0.3 is 20.1 Å². The summed E-state index contributed by atoms with van der Waals surface area (Å²) in [5.74, 6) is -1.91. The number of fused-ring (bicyclic) bond motifs is 2. The molecule has 0 aliphatic heterocycles. The molecule has 0 spiro atoms. The van der Waals surface area contributed by atoms with Crippen LogP contribution < -0.4 is 4.74 Å². The number of hydrogen-bond donors (Lipinski definition) is 3. The highest BCUT2D eigenvalue weighted by Crippen LogP contribution is 2.30. The van der Waals surface area contributed by atoms with E-state index in [1.165, 1.54) is 35.7 Å². The number of hydrogen-bond acceptors (Lipinski definition) is 7. The fourth-order valence-electron chi connectivity index (χ4n) is 2.59.